The summed E-state index contributed by atoms with van der Waals surface area (Å²) in [4.78, 5) is 23.3. The predicted octanol–water partition coefficient (Wildman–Crippen LogP) is 5.57. The second-order valence-electron chi connectivity index (χ2n) is 6.64. The van der Waals surface area contributed by atoms with E-state index in [0.29, 0.717) is 16.6 Å². The first-order valence-electron chi connectivity index (χ1n) is 9.21. The van der Waals surface area contributed by atoms with Crippen LogP contribution >= 0.6 is 11.8 Å². The maximum atomic E-state index is 13.2. The van der Waals surface area contributed by atoms with Crippen LogP contribution in [0.1, 0.15) is 11.3 Å². The molecule has 1 aliphatic rings. The van der Waals surface area contributed by atoms with E-state index in [0.717, 1.165) is 27.9 Å². The van der Waals surface area contributed by atoms with E-state index in [1.165, 1.54) is 11.8 Å². The Morgan fingerprint density at radius 3 is 2.79 bits per heavy atom. The zero-order valence-corrected chi connectivity index (χ0v) is 16.2. The van der Waals surface area contributed by atoms with Crippen LogP contribution in [-0.2, 0) is 11.3 Å². The zero-order chi connectivity index (χ0) is 19.6. The second-order valence-corrected chi connectivity index (χ2v) is 7.64. The third-order valence-corrected chi connectivity index (χ3v) is 5.64. The molecule has 3 heterocycles. The summed E-state index contributed by atoms with van der Waals surface area (Å²) in [6, 6.07) is 21.4. The molecule has 0 saturated carbocycles. The highest BCUT2D eigenvalue weighted by Crippen LogP contribution is 2.35. The number of rotatable bonds is 4. The molecule has 0 unspecified atom stereocenters. The predicted molar refractivity (Wildman–Crippen MR) is 117 cm³/mol. The monoisotopic (exact) mass is 399 g/mol. The molecule has 0 spiro atoms. The summed E-state index contributed by atoms with van der Waals surface area (Å²) in [7, 11) is 0. The van der Waals surface area contributed by atoms with Gasteiger partial charge in [-0.05, 0) is 71.3 Å². The first-order chi connectivity index (χ1) is 14.3. The van der Waals surface area contributed by atoms with Crippen LogP contribution in [0.15, 0.2) is 93.5 Å². The molecule has 0 bridgehead atoms. The lowest BCUT2D eigenvalue weighted by molar-refractivity contribution is -0.122. The van der Waals surface area contributed by atoms with Gasteiger partial charge in [-0.3, -0.25) is 9.69 Å². The van der Waals surface area contributed by atoms with E-state index in [1.54, 1.807) is 11.2 Å². The summed E-state index contributed by atoms with van der Waals surface area (Å²) >= 11 is 1.38. The number of benzene rings is 2. The van der Waals surface area contributed by atoms with Gasteiger partial charge < -0.3 is 9.40 Å². The number of carbonyl (C=O) groups excluding carboxylic acids is 1. The molecule has 0 aliphatic carbocycles. The Morgan fingerprint density at radius 1 is 1.07 bits per heavy atom. The number of carbonyl (C=O) groups is 1. The van der Waals surface area contributed by atoms with Crippen LogP contribution in [0.5, 0.6) is 0 Å². The highest BCUT2D eigenvalue weighted by molar-refractivity contribution is 8.18. The Morgan fingerprint density at radius 2 is 1.97 bits per heavy atom. The molecule has 1 saturated heterocycles. The largest absolute Gasteiger partial charge is 0.467 e. The number of thioether (sulfide) groups is 1. The Kier molecular flexibility index (Phi) is 4.54. The number of fused-ring (bicyclic) bond motifs is 1. The maximum absolute atomic E-state index is 13.2. The molecule has 4 aromatic rings. The topological polar surface area (TPSA) is 61.6 Å². The van der Waals surface area contributed by atoms with Crippen molar-refractivity contribution in [3.05, 3.63) is 95.4 Å². The van der Waals surface area contributed by atoms with Crippen molar-refractivity contribution in [1.29, 1.82) is 0 Å². The van der Waals surface area contributed by atoms with Gasteiger partial charge in [0.25, 0.3) is 5.91 Å². The third kappa shape index (κ3) is 3.62. The molecule has 6 heteroatoms. The Balaban J connectivity index is 1.51. The first kappa shape index (κ1) is 17.6. The number of H-pyrrole nitrogens is 1. The molecule has 2 aromatic heterocycles. The molecule has 1 aliphatic heterocycles. The lowest BCUT2D eigenvalue weighted by Gasteiger charge is -2.13. The van der Waals surface area contributed by atoms with Crippen LogP contribution in [0.2, 0.25) is 0 Å². The van der Waals surface area contributed by atoms with Gasteiger partial charge in [-0.2, -0.15) is 0 Å². The average molecular weight is 399 g/mol. The van der Waals surface area contributed by atoms with Gasteiger partial charge in [0, 0.05) is 11.7 Å². The summed E-state index contributed by atoms with van der Waals surface area (Å²) in [6.45, 7) is 0.346. The highest BCUT2D eigenvalue weighted by atomic mass is 32.2. The van der Waals surface area contributed by atoms with E-state index in [9.17, 15) is 4.79 Å². The van der Waals surface area contributed by atoms with Gasteiger partial charge in [0.2, 0.25) is 0 Å². The van der Waals surface area contributed by atoms with Crippen LogP contribution in [0, 0.1) is 0 Å². The SMILES string of the molecule is O=C1/C(=C/c2ccc3[nH]ccc3c2)S/C(=N\c2ccccc2)N1Cc1ccco1. The van der Waals surface area contributed by atoms with Crippen molar-refractivity contribution in [3.8, 4) is 0 Å². The van der Waals surface area contributed by atoms with Gasteiger partial charge >= 0.3 is 0 Å². The van der Waals surface area contributed by atoms with Gasteiger partial charge in [-0.1, -0.05) is 24.3 Å². The summed E-state index contributed by atoms with van der Waals surface area (Å²) in [5, 5.41) is 1.76. The number of hydrogen-bond donors (Lipinski definition) is 1. The third-order valence-electron chi connectivity index (χ3n) is 4.64. The Bertz CT molecular complexity index is 1220. The van der Waals surface area contributed by atoms with Crippen LogP contribution < -0.4 is 0 Å². The van der Waals surface area contributed by atoms with Crippen molar-refractivity contribution >= 4 is 45.5 Å². The summed E-state index contributed by atoms with van der Waals surface area (Å²) < 4.78 is 5.45. The number of nitrogens with one attached hydrogen (secondary N) is 1. The van der Waals surface area contributed by atoms with E-state index in [2.05, 4.69) is 11.1 Å². The summed E-state index contributed by atoms with van der Waals surface area (Å²) in [5.74, 6) is 0.643. The molecule has 29 heavy (non-hydrogen) atoms. The molecular weight excluding hydrogens is 382 g/mol. The minimum Gasteiger partial charge on any atom is -0.467 e. The molecular formula is C23H17N3O2S. The minimum atomic E-state index is -0.0738. The minimum absolute atomic E-state index is 0.0738. The van der Waals surface area contributed by atoms with Crippen molar-refractivity contribution in [3.63, 3.8) is 0 Å². The molecule has 142 valence electrons. The number of aliphatic imine (C=N–C) groups is 1. The molecule has 1 N–H and O–H groups in total. The van der Waals surface area contributed by atoms with Crippen LogP contribution in [0.4, 0.5) is 5.69 Å². The van der Waals surface area contributed by atoms with Gasteiger partial charge in [-0.25, -0.2) is 4.99 Å². The van der Waals surface area contributed by atoms with Gasteiger partial charge in [0.1, 0.15) is 5.76 Å². The average Bonchev–Trinajstić information content (AvgIpc) is 3.47. The first-order valence-corrected chi connectivity index (χ1v) is 10.0. The molecule has 5 nitrogen and oxygen atoms in total. The number of amidine groups is 1. The number of para-hydroxylation sites is 1. The molecule has 2 aromatic carbocycles. The van der Waals surface area contributed by atoms with E-state index < -0.39 is 0 Å². The van der Waals surface area contributed by atoms with Crippen molar-refractivity contribution in [2.75, 3.05) is 0 Å². The maximum Gasteiger partial charge on any atom is 0.267 e. The van der Waals surface area contributed by atoms with Crippen molar-refractivity contribution in [1.82, 2.24) is 9.88 Å². The van der Waals surface area contributed by atoms with Crippen LogP contribution in [0.3, 0.4) is 0 Å². The summed E-state index contributed by atoms with van der Waals surface area (Å²) in [6.07, 6.45) is 5.44. The van der Waals surface area contributed by atoms with Crippen molar-refractivity contribution in [2.24, 2.45) is 4.99 Å². The molecule has 0 atom stereocenters. The van der Waals surface area contributed by atoms with Crippen molar-refractivity contribution < 1.29 is 9.21 Å². The number of aromatic amines is 1. The van der Waals surface area contributed by atoms with Crippen LogP contribution in [-0.4, -0.2) is 21.0 Å². The van der Waals surface area contributed by atoms with Crippen LogP contribution in [0.25, 0.3) is 17.0 Å². The molecule has 5 rings (SSSR count). The standard InChI is InChI=1S/C23H17N3O2S/c27-22-21(14-16-8-9-20-17(13-16)10-11-24-20)29-23(25-18-5-2-1-3-6-18)26(22)15-19-7-4-12-28-19/h1-14,24H,15H2/b21-14-,25-23-. The van der Waals surface area contributed by atoms with Crippen molar-refractivity contribution in [2.45, 2.75) is 6.54 Å². The lowest BCUT2D eigenvalue weighted by atomic mass is 10.1. The number of nitrogens with zero attached hydrogens (tertiary/aromatic N) is 2. The Labute approximate surface area is 171 Å². The fraction of sp³-hybridized carbons (Fsp3) is 0.0435. The Hall–Kier alpha value is -3.51. The quantitative estimate of drug-likeness (QED) is 0.457. The fourth-order valence-electron chi connectivity index (χ4n) is 3.22. The number of furan rings is 1. The van der Waals surface area contributed by atoms with Gasteiger partial charge in [0.05, 0.1) is 23.4 Å². The lowest BCUT2D eigenvalue weighted by Crippen LogP contribution is -2.28. The van der Waals surface area contributed by atoms with E-state index in [1.807, 2.05) is 72.9 Å². The zero-order valence-electron chi connectivity index (χ0n) is 15.4. The summed E-state index contributed by atoms with van der Waals surface area (Å²) in [5.41, 5.74) is 2.86. The number of amides is 1. The van der Waals surface area contributed by atoms with E-state index >= 15 is 0 Å². The van der Waals surface area contributed by atoms with E-state index in [4.69, 9.17) is 9.41 Å². The van der Waals surface area contributed by atoms with Gasteiger partial charge in [-0.15, -0.1) is 0 Å². The number of hydrogen-bond acceptors (Lipinski definition) is 4. The molecule has 1 fully saturated rings. The highest BCUT2D eigenvalue weighted by Gasteiger charge is 2.34. The van der Waals surface area contributed by atoms with E-state index in [-0.39, 0.29) is 5.91 Å². The smallest absolute Gasteiger partial charge is 0.267 e. The molecule has 1 amide bonds. The van der Waals surface area contributed by atoms with Gasteiger partial charge in [0.15, 0.2) is 5.17 Å². The second kappa shape index (κ2) is 7.48. The normalized spacial score (nSPS) is 17.1. The molecule has 0 radical (unpaired) electrons. The number of aromatic nitrogens is 1. The fourth-order valence-corrected chi connectivity index (χ4v) is 4.21.